The van der Waals surface area contributed by atoms with Gasteiger partial charge in [-0.3, -0.25) is 4.79 Å². The summed E-state index contributed by atoms with van der Waals surface area (Å²) in [5, 5.41) is 0. The maximum Gasteiger partial charge on any atom is 0.261 e. The first kappa shape index (κ1) is 19.9. The molecule has 0 aliphatic rings. The van der Waals surface area contributed by atoms with Crippen LogP contribution in [0, 0.1) is 0 Å². The molecule has 28 heavy (non-hydrogen) atoms. The number of thiophene rings is 1. The molecule has 0 atom stereocenters. The van der Waals surface area contributed by atoms with Crippen LogP contribution < -0.4 is 9.47 Å². The fourth-order valence-electron chi connectivity index (χ4n) is 2.40. The molecular formula is C21H19ClN2O3S. The number of rotatable bonds is 9. The van der Waals surface area contributed by atoms with E-state index in [-0.39, 0.29) is 12.5 Å². The van der Waals surface area contributed by atoms with Crippen molar-refractivity contribution in [2.24, 2.45) is 0 Å². The Morgan fingerprint density at radius 1 is 1.14 bits per heavy atom. The predicted octanol–water partition coefficient (Wildman–Crippen LogP) is 5.18. The van der Waals surface area contributed by atoms with Gasteiger partial charge < -0.3 is 14.4 Å². The lowest BCUT2D eigenvalue weighted by atomic mass is 10.3. The van der Waals surface area contributed by atoms with E-state index in [9.17, 15) is 4.79 Å². The first-order chi connectivity index (χ1) is 13.6. The van der Waals surface area contributed by atoms with Crippen molar-refractivity contribution in [3.05, 3.63) is 82.7 Å². The number of carbonyl (C=O) groups is 1. The van der Waals surface area contributed by atoms with Crippen molar-refractivity contribution in [2.75, 3.05) is 13.2 Å². The molecule has 5 nitrogen and oxygen atoms in total. The number of benzene rings is 1. The van der Waals surface area contributed by atoms with Crippen molar-refractivity contribution in [1.29, 1.82) is 0 Å². The Morgan fingerprint density at radius 3 is 2.57 bits per heavy atom. The second-order valence-electron chi connectivity index (χ2n) is 5.80. The summed E-state index contributed by atoms with van der Waals surface area (Å²) in [6.45, 7) is 4.57. The molecule has 2 heterocycles. The molecule has 0 aliphatic heterocycles. The number of aromatic nitrogens is 1. The van der Waals surface area contributed by atoms with E-state index in [0.29, 0.717) is 34.8 Å². The van der Waals surface area contributed by atoms with E-state index in [1.165, 1.54) is 11.3 Å². The van der Waals surface area contributed by atoms with Crippen LogP contribution in [0.25, 0.3) is 0 Å². The summed E-state index contributed by atoms with van der Waals surface area (Å²) in [6, 6.07) is 16.2. The Kier molecular flexibility index (Phi) is 7.06. The molecular weight excluding hydrogens is 396 g/mol. The van der Waals surface area contributed by atoms with Crippen LogP contribution in [0.4, 0.5) is 0 Å². The van der Waals surface area contributed by atoms with Crippen LogP contribution in [0.3, 0.4) is 0 Å². The van der Waals surface area contributed by atoms with E-state index >= 15 is 0 Å². The van der Waals surface area contributed by atoms with Gasteiger partial charge in [0.05, 0.1) is 10.9 Å². The van der Waals surface area contributed by atoms with Gasteiger partial charge in [0, 0.05) is 23.7 Å². The van der Waals surface area contributed by atoms with Gasteiger partial charge in [-0.2, -0.15) is 0 Å². The minimum absolute atomic E-state index is 0.0621. The maximum absolute atomic E-state index is 12.5. The monoisotopic (exact) mass is 414 g/mol. The molecule has 2 aromatic heterocycles. The predicted molar refractivity (Wildman–Crippen MR) is 111 cm³/mol. The highest BCUT2D eigenvalue weighted by Crippen LogP contribution is 2.24. The van der Waals surface area contributed by atoms with Crippen LogP contribution in [0.2, 0.25) is 4.34 Å². The largest absolute Gasteiger partial charge is 0.484 e. The summed E-state index contributed by atoms with van der Waals surface area (Å²) >= 11 is 7.42. The highest BCUT2D eigenvalue weighted by Gasteiger charge is 2.14. The van der Waals surface area contributed by atoms with Gasteiger partial charge in [-0.25, -0.2) is 4.98 Å². The number of amides is 1. The Morgan fingerprint density at radius 2 is 1.93 bits per heavy atom. The molecule has 0 fully saturated rings. The van der Waals surface area contributed by atoms with Crippen LogP contribution in [0.1, 0.15) is 4.88 Å². The van der Waals surface area contributed by atoms with Gasteiger partial charge in [0.1, 0.15) is 11.5 Å². The lowest BCUT2D eigenvalue weighted by molar-refractivity contribution is -0.133. The standard InChI is InChI=1S/C21H19ClN2O3S/c1-2-13-24(14-18-10-11-19(22)28-18)21(25)15-26-16-6-8-17(9-7-16)27-20-5-3-4-12-23-20/h2-12H,1,13-15H2. The van der Waals surface area contributed by atoms with Gasteiger partial charge in [0.15, 0.2) is 6.61 Å². The topological polar surface area (TPSA) is 51.7 Å². The Hall–Kier alpha value is -2.83. The third-order valence-electron chi connectivity index (χ3n) is 3.72. The average Bonchev–Trinajstić information content (AvgIpc) is 3.12. The summed E-state index contributed by atoms with van der Waals surface area (Å²) in [7, 11) is 0. The number of carbonyl (C=O) groups excluding carboxylic acids is 1. The fraction of sp³-hybridized carbons (Fsp3) is 0.143. The maximum atomic E-state index is 12.5. The lowest BCUT2D eigenvalue weighted by Crippen LogP contribution is -2.34. The molecule has 1 aromatic carbocycles. The minimum Gasteiger partial charge on any atom is -0.484 e. The molecule has 7 heteroatoms. The van der Waals surface area contributed by atoms with Crippen molar-refractivity contribution < 1.29 is 14.3 Å². The van der Waals surface area contributed by atoms with Crippen LogP contribution >= 0.6 is 22.9 Å². The molecule has 1 amide bonds. The zero-order valence-corrected chi connectivity index (χ0v) is 16.7. The molecule has 0 radical (unpaired) electrons. The molecule has 3 aromatic rings. The van der Waals surface area contributed by atoms with E-state index in [2.05, 4.69) is 11.6 Å². The highest BCUT2D eigenvalue weighted by atomic mass is 35.5. The first-order valence-corrected chi connectivity index (χ1v) is 9.78. The molecule has 144 valence electrons. The Labute approximate surface area is 172 Å². The molecule has 0 aliphatic carbocycles. The van der Waals surface area contributed by atoms with E-state index in [4.69, 9.17) is 21.1 Å². The van der Waals surface area contributed by atoms with Gasteiger partial charge >= 0.3 is 0 Å². The van der Waals surface area contributed by atoms with Gasteiger partial charge in [-0.1, -0.05) is 23.7 Å². The molecule has 0 N–H and O–H groups in total. The van der Waals surface area contributed by atoms with Gasteiger partial charge in [0.2, 0.25) is 5.88 Å². The molecule has 0 bridgehead atoms. The summed E-state index contributed by atoms with van der Waals surface area (Å²) in [5.74, 6) is 1.61. The third kappa shape index (κ3) is 5.84. The van der Waals surface area contributed by atoms with Crippen LogP contribution in [-0.2, 0) is 11.3 Å². The van der Waals surface area contributed by atoms with Crippen LogP contribution in [-0.4, -0.2) is 28.9 Å². The number of pyridine rings is 1. The molecule has 0 saturated heterocycles. The summed E-state index contributed by atoms with van der Waals surface area (Å²) in [4.78, 5) is 19.3. The van der Waals surface area contributed by atoms with Gasteiger partial charge in [0.25, 0.3) is 5.91 Å². The molecule has 0 spiro atoms. The molecule has 0 saturated carbocycles. The highest BCUT2D eigenvalue weighted by molar-refractivity contribution is 7.16. The van der Waals surface area contributed by atoms with Crippen molar-refractivity contribution in [1.82, 2.24) is 9.88 Å². The van der Waals surface area contributed by atoms with E-state index in [1.807, 2.05) is 24.3 Å². The van der Waals surface area contributed by atoms with E-state index in [1.54, 1.807) is 47.5 Å². The van der Waals surface area contributed by atoms with Crippen molar-refractivity contribution in [2.45, 2.75) is 6.54 Å². The fourth-order valence-corrected chi connectivity index (χ4v) is 3.51. The normalized spacial score (nSPS) is 10.3. The van der Waals surface area contributed by atoms with Crippen molar-refractivity contribution in [3.63, 3.8) is 0 Å². The summed E-state index contributed by atoms with van der Waals surface area (Å²) < 4.78 is 12.0. The zero-order chi connectivity index (χ0) is 19.8. The van der Waals surface area contributed by atoms with Gasteiger partial charge in [-0.15, -0.1) is 17.9 Å². The van der Waals surface area contributed by atoms with Gasteiger partial charge in [-0.05, 0) is 42.5 Å². The Bertz CT molecular complexity index is 913. The number of hydrogen-bond acceptors (Lipinski definition) is 5. The number of nitrogens with zero attached hydrogens (tertiary/aromatic N) is 2. The summed E-state index contributed by atoms with van der Waals surface area (Å²) in [5.41, 5.74) is 0. The van der Waals surface area contributed by atoms with E-state index < -0.39 is 0 Å². The number of hydrogen-bond donors (Lipinski definition) is 0. The zero-order valence-electron chi connectivity index (χ0n) is 15.1. The van der Waals surface area contributed by atoms with Crippen molar-refractivity contribution in [3.8, 4) is 17.4 Å². The lowest BCUT2D eigenvalue weighted by Gasteiger charge is -2.20. The SMILES string of the molecule is C=CCN(Cc1ccc(Cl)s1)C(=O)COc1ccc(Oc2ccccn2)cc1. The van der Waals surface area contributed by atoms with E-state index in [0.717, 1.165) is 4.88 Å². The molecule has 0 unspecified atom stereocenters. The first-order valence-electron chi connectivity index (χ1n) is 8.58. The summed E-state index contributed by atoms with van der Waals surface area (Å²) in [6.07, 6.45) is 3.36. The quantitative estimate of drug-likeness (QED) is 0.452. The third-order valence-corrected chi connectivity index (χ3v) is 4.94. The van der Waals surface area contributed by atoms with Crippen molar-refractivity contribution >= 4 is 28.8 Å². The smallest absolute Gasteiger partial charge is 0.261 e. The molecule has 3 rings (SSSR count). The van der Waals surface area contributed by atoms with Crippen LogP contribution in [0.15, 0.2) is 73.4 Å². The number of halogens is 1. The minimum atomic E-state index is -0.127. The Balaban J connectivity index is 1.54. The second kappa shape index (κ2) is 9.92. The second-order valence-corrected chi connectivity index (χ2v) is 7.60. The van der Waals surface area contributed by atoms with Crippen LogP contribution in [0.5, 0.6) is 17.4 Å². The number of ether oxygens (including phenoxy) is 2. The average molecular weight is 415 g/mol.